The van der Waals surface area contributed by atoms with Crippen LogP contribution in [0.3, 0.4) is 0 Å². The van der Waals surface area contributed by atoms with Gasteiger partial charge in [0.25, 0.3) is 5.91 Å². The first-order valence-electron chi connectivity index (χ1n) is 11.3. The van der Waals surface area contributed by atoms with Crippen LogP contribution in [0.5, 0.6) is 11.5 Å². The van der Waals surface area contributed by atoms with Crippen molar-refractivity contribution in [3.05, 3.63) is 69.6 Å². The van der Waals surface area contributed by atoms with Crippen LogP contribution in [0, 0.1) is 5.92 Å². The van der Waals surface area contributed by atoms with E-state index in [0.717, 1.165) is 30.4 Å². The molecule has 0 aliphatic heterocycles. The monoisotopic (exact) mass is 492 g/mol. The van der Waals surface area contributed by atoms with E-state index in [9.17, 15) is 9.59 Å². The summed E-state index contributed by atoms with van der Waals surface area (Å²) >= 11 is 1.56. The number of hydrogen-bond acceptors (Lipinski definition) is 7. The Balaban J connectivity index is 1.67. The van der Waals surface area contributed by atoms with E-state index in [1.165, 1.54) is 12.0 Å². The number of carbonyl (C=O) groups excluding carboxylic acids is 2. The molecule has 0 saturated carbocycles. The Morgan fingerprint density at radius 1 is 1.09 bits per heavy atom. The Morgan fingerprint density at radius 2 is 1.86 bits per heavy atom. The Labute approximate surface area is 208 Å². The van der Waals surface area contributed by atoms with Gasteiger partial charge in [-0.15, -0.1) is 11.3 Å². The molecule has 1 aromatic heterocycles. The number of fused-ring (bicyclic) bond motifs is 1. The topological polar surface area (TPSA) is 86.2 Å². The van der Waals surface area contributed by atoms with Gasteiger partial charge in [0.1, 0.15) is 5.00 Å². The van der Waals surface area contributed by atoms with Crippen molar-refractivity contribution in [1.29, 1.82) is 0 Å². The Kier molecular flexibility index (Phi) is 7.51. The highest BCUT2D eigenvalue weighted by molar-refractivity contribution is 7.16. The van der Waals surface area contributed by atoms with Crippen LogP contribution in [0.25, 0.3) is 0 Å². The van der Waals surface area contributed by atoms with Crippen molar-refractivity contribution >= 4 is 40.1 Å². The minimum atomic E-state index is -0.423. The fourth-order valence-electron chi connectivity index (χ4n) is 4.20. The highest BCUT2D eigenvalue weighted by Gasteiger charge is 2.27. The average molecular weight is 493 g/mol. The van der Waals surface area contributed by atoms with Crippen LogP contribution in [0.4, 0.5) is 10.7 Å². The zero-order chi connectivity index (χ0) is 24.9. The lowest BCUT2D eigenvalue weighted by Crippen LogP contribution is -2.16. The van der Waals surface area contributed by atoms with Gasteiger partial charge < -0.3 is 19.5 Å². The molecule has 35 heavy (non-hydrogen) atoms. The molecule has 182 valence electrons. The maximum Gasteiger partial charge on any atom is 0.337 e. The fraction of sp³-hybridized carbons (Fsp3) is 0.296. The number of nitrogens with zero attached hydrogens (tertiary/aromatic N) is 1. The van der Waals surface area contributed by atoms with E-state index in [2.05, 4.69) is 12.2 Å². The summed E-state index contributed by atoms with van der Waals surface area (Å²) in [5.41, 5.74) is 3.45. The minimum Gasteiger partial charge on any atom is -0.493 e. The van der Waals surface area contributed by atoms with Crippen molar-refractivity contribution < 1.29 is 23.8 Å². The van der Waals surface area contributed by atoms with E-state index < -0.39 is 5.97 Å². The number of thiophene rings is 1. The standard InChI is InChI=1S/C27H28N2O5S/c1-16-8-13-20-22(14-16)35-26(28-15-18-6-5-7-21(32-2)24(18)33-3)23(20)25(30)29-19-11-9-17(10-12-19)27(31)34-4/h5-7,9-12,15-16H,8,13-14H2,1-4H3,(H,29,30)/t16-/m1/s1. The first-order valence-corrected chi connectivity index (χ1v) is 12.2. The second kappa shape index (κ2) is 10.7. The maximum atomic E-state index is 13.4. The molecule has 1 aliphatic rings. The predicted octanol–water partition coefficient (Wildman–Crippen LogP) is 5.68. The number of hydrogen-bond donors (Lipinski definition) is 1. The van der Waals surface area contributed by atoms with Crippen LogP contribution in [0.2, 0.25) is 0 Å². The van der Waals surface area contributed by atoms with E-state index >= 15 is 0 Å². The first kappa shape index (κ1) is 24.5. The Bertz CT molecular complexity index is 1260. The van der Waals surface area contributed by atoms with Crippen molar-refractivity contribution in [2.45, 2.75) is 26.2 Å². The van der Waals surface area contributed by atoms with Crippen molar-refractivity contribution in [3.63, 3.8) is 0 Å². The third-order valence-corrected chi connectivity index (χ3v) is 7.20. The molecule has 1 N–H and O–H groups in total. The van der Waals surface area contributed by atoms with Gasteiger partial charge in [0.05, 0.1) is 32.5 Å². The van der Waals surface area contributed by atoms with E-state index in [0.29, 0.717) is 39.2 Å². The molecule has 1 heterocycles. The third-order valence-electron chi connectivity index (χ3n) is 6.04. The second-order valence-corrected chi connectivity index (χ2v) is 9.48. The molecular formula is C27H28N2O5S. The number of rotatable bonds is 7. The van der Waals surface area contributed by atoms with Gasteiger partial charge in [-0.05, 0) is 67.1 Å². The van der Waals surface area contributed by atoms with Crippen molar-refractivity contribution in [2.75, 3.05) is 26.6 Å². The Morgan fingerprint density at radius 3 is 2.54 bits per heavy atom. The lowest BCUT2D eigenvalue weighted by Gasteiger charge is -2.18. The molecule has 0 fully saturated rings. The summed E-state index contributed by atoms with van der Waals surface area (Å²) in [4.78, 5) is 31.1. The number of amides is 1. The summed E-state index contributed by atoms with van der Waals surface area (Å²) in [6, 6.07) is 12.2. The molecule has 1 amide bonds. The highest BCUT2D eigenvalue weighted by Crippen LogP contribution is 2.42. The molecular weight excluding hydrogens is 464 g/mol. The molecule has 1 aliphatic carbocycles. The maximum absolute atomic E-state index is 13.4. The van der Waals surface area contributed by atoms with E-state index in [-0.39, 0.29) is 5.91 Å². The largest absolute Gasteiger partial charge is 0.493 e. The summed E-state index contributed by atoms with van der Waals surface area (Å²) in [6.07, 6.45) is 4.52. The first-order chi connectivity index (χ1) is 16.9. The van der Waals surface area contributed by atoms with Crippen LogP contribution in [-0.4, -0.2) is 39.4 Å². The summed E-state index contributed by atoms with van der Waals surface area (Å²) < 4.78 is 15.6. The number of aliphatic imine (C=N–C) groups is 1. The quantitative estimate of drug-likeness (QED) is 0.339. The molecule has 0 saturated heterocycles. The van der Waals surface area contributed by atoms with Gasteiger partial charge in [-0.1, -0.05) is 13.0 Å². The average Bonchev–Trinajstić information content (AvgIpc) is 3.24. The number of para-hydroxylation sites is 1. The van der Waals surface area contributed by atoms with Crippen molar-refractivity contribution in [2.24, 2.45) is 10.9 Å². The van der Waals surface area contributed by atoms with Gasteiger partial charge in [-0.25, -0.2) is 9.79 Å². The van der Waals surface area contributed by atoms with Gasteiger partial charge in [0.2, 0.25) is 0 Å². The summed E-state index contributed by atoms with van der Waals surface area (Å²) in [5, 5.41) is 3.63. The fourth-order valence-corrected chi connectivity index (χ4v) is 5.56. The molecule has 0 bridgehead atoms. The normalized spacial score (nSPS) is 14.9. The summed E-state index contributed by atoms with van der Waals surface area (Å²) in [7, 11) is 4.51. The highest BCUT2D eigenvalue weighted by atomic mass is 32.1. The molecule has 0 unspecified atom stereocenters. The number of methoxy groups -OCH3 is 3. The van der Waals surface area contributed by atoms with Gasteiger partial charge in [0, 0.05) is 22.3 Å². The number of benzene rings is 2. The van der Waals surface area contributed by atoms with Crippen molar-refractivity contribution in [1.82, 2.24) is 0 Å². The molecule has 3 aromatic rings. The van der Waals surface area contributed by atoms with Gasteiger partial charge in [-0.3, -0.25) is 4.79 Å². The molecule has 0 radical (unpaired) electrons. The summed E-state index contributed by atoms with van der Waals surface area (Å²) in [5.74, 6) is 1.13. The predicted molar refractivity (Wildman–Crippen MR) is 138 cm³/mol. The SMILES string of the molecule is COC(=O)c1ccc(NC(=O)c2c(N=Cc3cccc(OC)c3OC)sc3c2CC[C@@H](C)C3)cc1. The van der Waals surface area contributed by atoms with Crippen LogP contribution in [-0.2, 0) is 17.6 Å². The smallest absolute Gasteiger partial charge is 0.337 e. The van der Waals surface area contributed by atoms with Gasteiger partial charge >= 0.3 is 5.97 Å². The number of nitrogens with one attached hydrogen (secondary N) is 1. The molecule has 1 atom stereocenters. The van der Waals surface area contributed by atoms with E-state index in [4.69, 9.17) is 19.2 Å². The molecule has 4 rings (SSSR count). The van der Waals surface area contributed by atoms with E-state index in [1.807, 2.05) is 18.2 Å². The van der Waals surface area contributed by atoms with Crippen LogP contribution >= 0.6 is 11.3 Å². The number of esters is 1. The lowest BCUT2D eigenvalue weighted by atomic mass is 9.88. The third kappa shape index (κ3) is 5.22. The zero-order valence-corrected chi connectivity index (χ0v) is 21.0. The summed E-state index contributed by atoms with van der Waals surface area (Å²) in [6.45, 7) is 2.23. The molecule has 2 aromatic carbocycles. The number of ether oxygens (including phenoxy) is 3. The Hall–Kier alpha value is -3.65. The molecule has 0 spiro atoms. The van der Waals surface area contributed by atoms with Gasteiger partial charge in [-0.2, -0.15) is 0 Å². The van der Waals surface area contributed by atoms with Gasteiger partial charge in [0.15, 0.2) is 11.5 Å². The molecule has 7 nitrogen and oxygen atoms in total. The number of carbonyl (C=O) groups is 2. The molecule has 8 heteroatoms. The minimum absolute atomic E-state index is 0.215. The second-order valence-electron chi connectivity index (χ2n) is 8.40. The number of anilines is 1. The van der Waals surface area contributed by atoms with Crippen molar-refractivity contribution in [3.8, 4) is 11.5 Å². The van der Waals surface area contributed by atoms with Crippen LogP contribution in [0.15, 0.2) is 47.5 Å². The van der Waals surface area contributed by atoms with Crippen LogP contribution in [0.1, 0.15) is 50.1 Å². The van der Waals surface area contributed by atoms with E-state index in [1.54, 1.807) is 56.0 Å². The van der Waals surface area contributed by atoms with Crippen LogP contribution < -0.4 is 14.8 Å². The zero-order valence-electron chi connectivity index (χ0n) is 20.2. The lowest BCUT2D eigenvalue weighted by molar-refractivity contribution is 0.0600.